The number of likely N-dealkylation sites (tertiary alicyclic amines) is 1. The second-order valence-corrected chi connectivity index (χ2v) is 5.93. The van der Waals surface area contributed by atoms with Crippen LogP contribution >= 0.6 is 39.1 Å². The zero-order chi connectivity index (χ0) is 11.7. The molecule has 2 nitrogen and oxygen atoms in total. The van der Waals surface area contributed by atoms with Gasteiger partial charge in [-0.1, -0.05) is 45.2 Å². The lowest BCUT2D eigenvalue weighted by atomic mass is 10.2. The third kappa shape index (κ3) is 2.70. The van der Waals surface area contributed by atoms with Crippen LogP contribution in [0.2, 0.25) is 10.0 Å². The summed E-state index contributed by atoms with van der Waals surface area (Å²) < 4.78 is 0. The lowest BCUT2D eigenvalue weighted by Crippen LogP contribution is -2.24. The molecule has 0 radical (unpaired) electrons. The molecular formula is C11H10BrCl2NO. The molecule has 0 spiro atoms. The lowest BCUT2D eigenvalue weighted by Gasteiger charge is -2.16. The van der Waals surface area contributed by atoms with E-state index in [-0.39, 0.29) is 10.7 Å². The van der Waals surface area contributed by atoms with Gasteiger partial charge in [0.05, 0.1) is 10.0 Å². The number of halogens is 3. The van der Waals surface area contributed by atoms with Gasteiger partial charge >= 0.3 is 0 Å². The van der Waals surface area contributed by atoms with Crippen LogP contribution in [0.25, 0.3) is 0 Å². The van der Waals surface area contributed by atoms with Gasteiger partial charge in [0.1, 0.15) is 0 Å². The number of hydrogen-bond donors (Lipinski definition) is 0. The highest BCUT2D eigenvalue weighted by molar-refractivity contribution is 9.09. The molecule has 1 atom stereocenters. The van der Waals surface area contributed by atoms with Crippen LogP contribution in [0.5, 0.6) is 0 Å². The van der Waals surface area contributed by atoms with Gasteiger partial charge in [-0.3, -0.25) is 4.79 Å². The van der Waals surface area contributed by atoms with Crippen LogP contribution in [0.1, 0.15) is 12.0 Å². The van der Waals surface area contributed by atoms with Gasteiger partial charge in [-0.05, 0) is 17.7 Å². The summed E-state index contributed by atoms with van der Waals surface area (Å²) in [4.78, 5) is 13.7. The Hall–Kier alpha value is -0.250. The van der Waals surface area contributed by atoms with E-state index < -0.39 is 0 Å². The Morgan fingerprint density at radius 1 is 1.38 bits per heavy atom. The van der Waals surface area contributed by atoms with E-state index in [1.807, 2.05) is 11.0 Å². The minimum Gasteiger partial charge on any atom is -0.337 e. The highest BCUT2D eigenvalue weighted by atomic mass is 79.9. The van der Waals surface area contributed by atoms with Gasteiger partial charge in [-0.15, -0.1) is 0 Å². The Morgan fingerprint density at radius 2 is 2.12 bits per heavy atom. The fraction of sp³-hybridized carbons (Fsp3) is 0.364. The zero-order valence-electron chi connectivity index (χ0n) is 8.42. The number of carbonyl (C=O) groups excluding carboxylic acids is 1. The van der Waals surface area contributed by atoms with Gasteiger partial charge in [0, 0.05) is 24.3 Å². The van der Waals surface area contributed by atoms with E-state index in [1.54, 1.807) is 12.1 Å². The summed E-state index contributed by atoms with van der Waals surface area (Å²) in [5.41, 5.74) is 1.00. The van der Waals surface area contributed by atoms with Crippen LogP contribution in [0.4, 0.5) is 0 Å². The number of alkyl halides is 1. The Morgan fingerprint density at radius 3 is 2.69 bits per heavy atom. The molecular weight excluding hydrogens is 313 g/mol. The van der Waals surface area contributed by atoms with Crippen molar-refractivity contribution in [2.24, 2.45) is 0 Å². The number of amides is 1. The van der Waals surface area contributed by atoms with Crippen LogP contribution < -0.4 is 0 Å². The largest absolute Gasteiger partial charge is 0.337 e. The molecule has 1 amide bonds. The van der Waals surface area contributed by atoms with Crippen molar-refractivity contribution in [2.75, 3.05) is 6.54 Å². The molecule has 1 heterocycles. The van der Waals surface area contributed by atoms with Crippen LogP contribution in [-0.4, -0.2) is 22.2 Å². The topological polar surface area (TPSA) is 20.3 Å². The summed E-state index contributed by atoms with van der Waals surface area (Å²) in [6.45, 7) is 1.34. The third-order valence-corrected chi connectivity index (χ3v) is 3.88. The predicted molar refractivity (Wildman–Crippen MR) is 69.2 cm³/mol. The van der Waals surface area contributed by atoms with Gasteiger partial charge in [0.15, 0.2) is 0 Å². The second-order valence-electron chi connectivity index (χ2n) is 3.82. The van der Waals surface area contributed by atoms with Crippen molar-refractivity contribution in [3.63, 3.8) is 0 Å². The smallest absolute Gasteiger partial charge is 0.224 e. The van der Waals surface area contributed by atoms with Crippen LogP contribution in [0.15, 0.2) is 18.2 Å². The summed E-state index contributed by atoms with van der Waals surface area (Å²) in [5.74, 6) is 0.174. The van der Waals surface area contributed by atoms with Gasteiger partial charge in [-0.25, -0.2) is 0 Å². The second kappa shape index (κ2) is 4.94. The van der Waals surface area contributed by atoms with Crippen molar-refractivity contribution in [3.8, 4) is 0 Å². The van der Waals surface area contributed by atoms with Crippen molar-refractivity contribution in [1.82, 2.24) is 4.90 Å². The molecule has 0 N–H and O–H groups in total. The summed E-state index contributed by atoms with van der Waals surface area (Å²) in [6.07, 6.45) is 0.571. The molecule has 1 aromatic rings. The van der Waals surface area contributed by atoms with Crippen LogP contribution in [-0.2, 0) is 11.3 Å². The fourth-order valence-electron chi connectivity index (χ4n) is 1.74. The summed E-state index contributed by atoms with van der Waals surface area (Å²) in [7, 11) is 0. The molecule has 1 unspecified atom stereocenters. The molecule has 1 aromatic carbocycles. The maximum absolute atomic E-state index is 11.6. The highest BCUT2D eigenvalue weighted by Crippen LogP contribution is 2.25. The van der Waals surface area contributed by atoms with E-state index in [9.17, 15) is 4.79 Å². The maximum atomic E-state index is 11.6. The SMILES string of the molecule is O=C1CC(Br)CN1Cc1ccc(Cl)c(Cl)c1. The van der Waals surface area contributed by atoms with Crippen LogP contribution in [0, 0.1) is 0 Å². The minimum atomic E-state index is 0.174. The number of nitrogens with zero attached hydrogens (tertiary/aromatic N) is 1. The Bertz CT molecular complexity index is 424. The molecule has 16 heavy (non-hydrogen) atoms. The minimum absolute atomic E-state index is 0.174. The number of hydrogen-bond acceptors (Lipinski definition) is 1. The molecule has 1 aliphatic heterocycles. The fourth-order valence-corrected chi connectivity index (χ4v) is 2.68. The Labute approximate surface area is 113 Å². The summed E-state index contributed by atoms with van der Waals surface area (Å²) in [6, 6.07) is 5.45. The zero-order valence-corrected chi connectivity index (χ0v) is 11.5. The first-order valence-corrected chi connectivity index (χ1v) is 6.59. The molecule has 0 bridgehead atoms. The van der Waals surface area contributed by atoms with E-state index in [2.05, 4.69) is 15.9 Å². The van der Waals surface area contributed by atoms with Gasteiger partial charge in [0.2, 0.25) is 5.91 Å². The molecule has 5 heteroatoms. The average Bonchev–Trinajstić information content (AvgIpc) is 2.51. The molecule has 1 aliphatic rings. The van der Waals surface area contributed by atoms with Crippen molar-refractivity contribution in [1.29, 1.82) is 0 Å². The average molecular weight is 323 g/mol. The third-order valence-electron chi connectivity index (χ3n) is 2.52. The normalized spacial score (nSPS) is 20.6. The number of rotatable bonds is 2. The van der Waals surface area contributed by atoms with Crippen molar-refractivity contribution in [3.05, 3.63) is 33.8 Å². The first-order chi connectivity index (χ1) is 7.56. The Balaban J connectivity index is 2.09. The lowest BCUT2D eigenvalue weighted by molar-refractivity contribution is -0.128. The van der Waals surface area contributed by atoms with E-state index in [0.29, 0.717) is 23.0 Å². The standard InChI is InChI=1S/C11H10BrCl2NO/c12-8-4-11(16)15(6-8)5-7-1-2-9(13)10(14)3-7/h1-3,8H,4-6H2. The molecule has 0 saturated carbocycles. The molecule has 86 valence electrons. The quantitative estimate of drug-likeness (QED) is 0.763. The molecule has 0 aliphatic carbocycles. The van der Waals surface area contributed by atoms with Gasteiger partial charge in [0.25, 0.3) is 0 Å². The first-order valence-electron chi connectivity index (χ1n) is 4.92. The number of carbonyl (C=O) groups is 1. The van der Waals surface area contributed by atoms with Crippen LogP contribution in [0.3, 0.4) is 0 Å². The Kier molecular flexibility index (Phi) is 3.77. The maximum Gasteiger partial charge on any atom is 0.224 e. The summed E-state index contributed by atoms with van der Waals surface area (Å²) in [5, 5.41) is 1.07. The molecule has 1 saturated heterocycles. The first kappa shape index (κ1) is 12.2. The van der Waals surface area contributed by atoms with Crippen molar-refractivity contribution in [2.45, 2.75) is 17.8 Å². The van der Waals surface area contributed by atoms with E-state index in [4.69, 9.17) is 23.2 Å². The van der Waals surface area contributed by atoms with E-state index in [0.717, 1.165) is 12.1 Å². The summed E-state index contributed by atoms with van der Waals surface area (Å²) >= 11 is 15.2. The van der Waals surface area contributed by atoms with Crippen molar-refractivity contribution < 1.29 is 4.79 Å². The van der Waals surface area contributed by atoms with Gasteiger partial charge in [-0.2, -0.15) is 0 Å². The van der Waals surface area contributed by atoms with Crippen molar-refractivity contribution >= 4 is 45.0 Å². The van der Waals surface area contributed by atoms with Gasteiger partial charge < -0.3 is 4.90 Å². The number of benzene rings is 1. The van der Waals surface area contributed by atoms with E-state index in [1.165, 1.54) is 0 Å². The molecule has 0 aromatic heterocycles. The predicted octanol–water partition coefficient (Wildman–Crippen LogP) is 3.49. The molecule has 1 fully saturated rings. The molecule has 2 rings (SSSR count). The highest BCUT2D eigenvalue weighted by Gasteiger charge is 2.27. The van der Waals surface area contributed by atoms with E-state index >= 15 is 0 Å². The monoisotopic (exact) mass is 321 g/mol.